The van der Waals surface area contributed by atoms with E-state index < -0.39 is 77.2 Å². The minimum atomic E-state index is -1.08. The highest BCUT2D eigenvalue weighted by Crippen LogP contribution is 2.41. The fourth-order valence-electron chi connectivity index (χ4n) is 6.23. The van der Waals surface area contributed by atoms with Crippen molar-refractivity contribution in [2.24, 2.45) is 23.7 Å². The number of carbonyl (C=O) groups is 7. The number of likely N-dealkylation sites (tertiary alicyclic amines) is 1. The maximum absolute atomic E-state index is 14.2. The van der Waals surface area contributed by atoms with Gasteiger partial charge in [0.2, 0.25) is 23.5 Å². The third-order valence-electron chi connectivity index (χ3n) is 8.95. The molecule has 0 radical (unpaired) electrons. The Labute approximate surface area is 268 Å². The van der Waals surface area contributed by atoms with E-state index in [-0.39, 0.29) is 42.8 Å². The first kappa shape index (κ1) is 34.6. The van der Waals surface area contributed by atoms with Crippen LogP contribution in [0.15, 0.2) is 18.6 Å². The highest BCUT2D eigenvalue weighted by atomic mass is 16.2. The van der Waals surface area contributed by atoms with Gasteiger partial charge in [-0.3, -0.25) is 38.5 Å². The Hall–Kier alpha value is -4.23. The first-order valence-electron chi connectivity index (χ1n) is 16.2. The largest absolute Gasteiger partial charge is 0.347 e. The number of nitrogens with one attached hydrogen (secondary N) is 4. The van der Waals surface area contributed by atoms with E-state index in [0.717, 1.165) is 12.8 Å². The fraction of sp³-hybridized carbons (Fsp3) is 0.656. The number of amides is 5. The van der Waals surface area contributed by atoms with Gasteiger partial charge in [0, 0.05) is 43.2 Å². The fourth-order valence-corrected chi connectivity index (χ4v) is 6.23. The van der Waals surface area contributed by atoms with Crippen molar-refractivity contribution in [2.45, 2.75) is 103 Å². The van der Waals surface area contributed by atoms with Crippen LogP contribution in [0.3, 0.4) is 0 Å². The van der Waals surface area contributed by atoms with Crippen LogP contribution in [-0.2, 0) is 28.8 Å². The average Bonchev–Trinajstić information content (AvgIpc) is 3.65. The number of Topliss-reactive ketones (excluding diaryl/α,β-unsaturated/α-hetero) is 2. The topological polar surface area (TPSA) is 197 Å². The van der Waals surface area contributed by atoms with Crippen LogP contribution in [0, 0.1) is 23.7 Å². The van der Waals surface area contributed by atoms with Crippen molar-refractivity contribution in [2.75, 3.05) is 6.54 Å². The average molecular weight is 640 g/mol. The summed E-state index contributed by atoms with van der Waals surface area (Å²) in [5.74, 6) is -5.63. The van der Waals surface area contributed by atoms with Gasteiger partial charge >= 0.3 is 0 Å². The number of rotatable bonds is 14. The van der Waals surface area contributed by atoms with E-state index in [1.807, 2.05) is 6.92 Å². The molecule has 3 fully saturated rings. The number of fused-ring (bicyclic) bond motifs is 1. The van der Waals surface area contributed by atoms with Crippen LogP contribution in [0.25, 0.3) is 0 Å². The molecule has 3 unspecified atom stereocenters. The Kier molecular flexibility index (Phi) is 11.2. The number of aromatic nitrogens is 2. The lowest BCUT2D eigenvalue weighted by Gasteiger charge is -2.33. The second kappa shape index (κ2) is 14.9. The van der Waals surface area contributed by atoms with Gasteiger partial charge in [-0.1, -0.05) is 41.0 Å². The molecule has 1 saturated heterocycles. The maximum Gasteiger partial charge on any atom is 0.289 e. The van der Waals surface area contributed by atoms with Crippen molar-refractivity contribution in [3.05, 3.63) is 24.3 Å². The summed E-state index contributed by atoms with van der Waals surface area (Å²) in [6.07, 6.45) is 7.12. The monoisotopic (exact) mass is 639 g/mol. The number of nitrogens with zero attached hydrogens (tertiary/aromatic N) is 3. The smallest absolute Gasteiger partial charge is 0.289 e. The van der Waals surface area contributed by atoms with Crippen LogP contribution in [0.4, 0.5) is 0 Å². The Morgan fingerprint density at radius 3 is 2.22 bits per heavy atom. The van der Waals surface area contributed by atoms with Gasteiger partial charge in [-0.15, -0.1) is 0 Å². The molecular weight excluding hydrogens is 594 g/mol. The molecule has 14 nitrogen and oxygen atoms in total. The van der Waals surface area contributed by atoms with E-state index in [1.165, 1.54) is 23.5 Å². The summed E-state index contributed by atoms with van der Waals surface area (Å²) in [5, 5.41) is 10.8. The predicted octanol–water partition coefficient (Wildman–Crippen LogP) is 0.311. The Bertz CT molecular complexity index is 1350. The SMILES string of the molecule is CCCC(NC(=O)[C@@H]1C2CCC(=O)C2CN1C(=O)[C@@H](NC(=O)[C@@H](NC(=O)c1cnccn1)C(C)C)C(C)C)C(=O)C(=O)NC1CC1. The first-order chi connectivity index (χ1) is 21.8. The van der Waals surface area contributed by atoms with Crippen LogP contribution in [0.5, 0.6) is 0 Å². The summed E-state index contributed by atoms with van der Waals surface area (Å²) in [5.41, 5.74) is 0.0319. The van der Waals surface area contributed by atoms with Gasteiger partial charge in [-0.25, -0.2) is 4.98 Å². The molecule has 1 aromatic heterocycles. The molecule has 0 bridgehead atoms. The summed E-state index contributed by atoms with van der Waals surface area (Å²) < 4.78 is 0. The summed E-state index contributed by atoms with van der Waals surface area (Å²) in [4.78, 5) is 102. The van der Waals surface area contributed by atoms with Crippen LogP contribution >= 0.6 is 0 Å². The highest BCUT2D eigenvalue weighted by Gasteiger charge is 2.54. The lowest BCUT2D eigenvalue weighted by Crippen LogP contribution is -2.60. The van der Waals surface area contributed by atoms with Crippen molar-refractivity contribution in [3.8, 4) is 0 Å². The number of carbonyl (C=O) groups excluding carboxylic acids is 7. The molecule has 0 aromatic carbocycles. The molecular formula is C32H45N7O7. The van der Waals surface area contributed by atoms with Gasteiger partial charge in [-0.05, 0) is 37.5 Å². The van der Waals surface area contributed by atoms with Gasteiger partial charge < -0.3 is 26.2 Å². The maximum atomic E-state index is 14.2. The molecule has 1 aromatic rings. The lowest BCUT2D eigenvalue weighted by atomic mass is 9.92. The van der Waals surface area contributed by atoms with Gasteiger partial charge in [-0.2, -0.15) is 0 Å². The van der Waals surface area contributed by atoms with Crippen molar-refractivity contribution in [1.82, 2.24) is 36.1 Å². The van der Waals surface area contributed by atoms with E-state index in [1.54, 1.807) is 27.7 Å². The normalized spacial score (nSPS) is 22.5. The molecule has 46 heavy (non-hydrogen) atoms. The Morgan fingerprint density at radius 1 is 0.935 bits per heavy atom. The van der Waals surface area contributed by atoms with Gasteiger partial charge in [0.25, 0.3) is 11.8 Å². The predicted molar refractivity (Wildman–Crippen MR) is 165 cm³/mol. The van der Waals surface area contributed by atoms with Crippen molar-refractivity contribution >= 4 is 41.1 Å². The summed E-state index contributed by atoms with van der Waals surface area (Å²) in [6, 6.07) is -4.25. The van der Waals surface area contributed by atoms with Crippen molar-refractivity contribution in [1.29, 1.82) is 0 Å². The zero-order valence-electron chi connectivity index (χ0n) is 27.1. The van der Waals surface area contributed by atoms with Crippen molar-refractivity contribution in [3.63, 3.8) is 0 Å². The third kappa shape index (κ3) is 7.94. The molecule has 2 saturated carbocycles. The molecule has 1 aliphatic heterocycles. The van der Waals surface area contributed by atoms with E-state index in [2.05, 4.69) is 31.2 Å². The molecule has 5 amide bonds. The molecule has 250 valence electrons. The highest BCUT2D eigenvalue weighted by molar-refractivity contribution is 6.38. The molecule has 4 rings (SSSR count). The molecule has 6 atom stereocenters. The standard InChI is InChI=1S/C32H45N7O7/c1-6-7-21(27(41)31(45)35-18-8-9-18)36-30(44)26-19-10-11-23(40)20(19)15-39(26)32(46)25(17(4)5)38-29(43)24(16(2)3)37-28(42)22-14-33-12-13-34-22/h12-14,16-21,24-26H,6-11,15H2,1-5H3,(H,35,45)(H,36,44)(H,37,42)(H,38,43)/t19?,20?,21?,24-,25-,26-/m0/s1. The molecule has 2 heterocycles. The second-order valence-corrected chi connectivity index (χ2v) is 13.2. The van der Waals surface area contributed by atoms with E-state index in [0.29, 0.717) is 12.8 Å². The molecule has 0 spiro atoms. The van der Waals surface area contributed by atoms with E-state index in [9.17, 15) is 33.6 Å². The first-order valence-corrected chi connectivity index (χ1v) is 16.2. The van der Waals surface area contributed by atoms with E-state index in [4.69, 9.17) is 0 Å². The molecule has 4 N–H and O–H groups in total. The van der Waals surface area contributed by atoms with Crippen molar-refractivity contribution < 1.29 is 33.6 Å². The zero-order chi connectivity index (χ0) is 33.7. The van der Waals surface area contributed by atoms with Gasteiger partial charge in [0.05, 0.1) is 12.2 Å². The number of hydrogen-bond donors (Lipinski definition) is 4. The number of ketones is 2. The summed E-state index contributed by atoms with van der Waals surface area (Å²) in [7, 11) is 0. The second-order valence-electron chi connectivity index (χ2n) is 13.2. The quantitative estimate of drug-likeness (QED) is 0.207. The van der Waals surface area contributed by atoms with E-state index >= 15 is 0 Å². The minimum absolute atomic E-state index is 0.00505. The minimum Gasteiger partial charge on any atom is -0.347 e. The van der Waals surface area contributed by atoms with Crippen LogP contribution < -0.4 is 21.3 Å². The van der Waals surface area contributed by atoms with Crippen LogP contribution in [0.1, 0.15) is 83.6 Å². The summed E-state index contributed by atoms with van der Waals surface area (Å²) in [6.45, 7) is 8.83. The molecule has 3 aliphatic rings. The van der Waals surface area contributed by atoms with Gasteiger partial charge in [0.1, 0.15) is 29.6 Å². The van der Waals surface area contributed by atoms with Crippen LogP contribution in [0.2, 0.25) is 0 Å². The molecule has 2 aliphatic carbocycles. The zero-order valence-corrected chi connectivity index (χ0v) is 27.1. The Morgan fingerprint density at radius 2 is 1.63 bits per heavy atom. The van der Waals surface area contributed by atoms with Gasteiger partial charge in [0.15, 0.2) is 0 Å². The van der Waals surface area contributed by atoms with Crippen LogP contribution in [-0.4, -0.2) is 92.7 Å². The molecule has 14 heteroatoms. The third-order valence-corrected chi connectivity index (χ3v) is 8.95. The lowest BCUT2D eigenvalue weighted by molar-refractivity contribution is -0.145. The Balaban J connectivity index is 1.53. The summed E-state index contributed by atoms with van der Waals surface area (Å²) >= 11 is 0. The number of hydrogen-bond acceptors (Lipinski definition) is 9.